The van der Waals surface area contributed by atoms with Gasteiger partial charge in [-0.2, -0.15) is 0 Å². The highest BCUT2D eigenvalue weighted by Crippen LogP contribution is 2.29. The molecule has 1 aromatic carbocycles. The van der Waals surface area contributed by atoms with E-state index in [0.29, 0.717) is 23.6 Å². The SMILES string of the molecule is O=Cc1cccc(Cl)c1C(O)C(O)CCBr. The van der Waals surface area contributed by atoms with E-state index in [0.717, 1.165) is 0 Å². The average Bonchev–Trinajstić information content (AvgIpc) is 2.28. The molecule has 3 nitrogen and oxygen atoms in total. The molecule has 5 heteroatoms. The number of rotatable bonds is 5. The number of aldehydes is 1. The van der Waals surface area contributed by atoms with Gasteiger partial charge in [0, 0.05) is 21.5 Å². The standard InChI is InChI=1S/C11H12BrClO3/c12-5-4-9(15)11(16)10-7(6-14)2-1-3-8(10)13/h1-3,6,9,11,15-16H,4-5H2. The van der Waals surface area contributed by atoms with E-state index in [1.165, 1.54) is 0 Å². The van der Waals surface area contributed by atoms with E-state index >= 15 is 0 Å². The number of halogens is 2. The van der Waals surface area contributed by atoms with E-state index in [9.17, 15) is 15.0 Å². The van der Waals surface area contributed by atoms with Crippen molar-refractivity contribution in [3.05, 3.63) is 34.3 Å². The second-order valence-corrected chi connectivity index (χ2v) is 4.55. The van der Waals surface area contributed by atoms with Gasteiger partial charge in [0.25, 0.3) is 0 Å². The van der Waals surface area contributed by atoms with Crippen LogP contribution < -0.4 is 0 Å². The molecule has 0 saturated carbocycles. The van der Waals surface area contributed by atoms with Crippen LogP contribution in [0.1, 0.15) is 28.4 Å². The topological polar surface area (TPSA) is 57.5 Å². The molecule has 0 fully saturated rings. The van der Waals surface area contributed by atoms with E-state index in [4.69, 9.17) is 11.6 Å². The van der Waals surface area contributed by atoms with Crippen molar-refractivity contribution in [1.29, 1.82) is 0 Å². The van der Waals surface area contributed by atoms with E-state index in [-0.39, 0.29) is 10.6 Å². The van der Waals surface area contributed by atoms with Crippen molar-refractivity contribution < 1.29 is 15.0 Å². The smallest absolute Gasteiger partial charge is 0.150 e. The van der Waals surface area contributed by atoms with Crippen LogP contribution in [0.25, 0.3) is 0 Å². The Morgan fingerprint density at radius 2 is 2.12 bits per heavy atom. The Morgan fingerprint density at radius 3 is 2.69 bits per heavy atom. The van der Waals surface area contributed by atoms with Crippen molar-refractivity contribution in [2.75, 3.05) is 5.33 Å². The van der Waals surface area contributed by atoms with Crippen LogP contribution in [0.3, 0.4) is 0 Å². The second kappa shape index (κ2) is 6.35. The largest absolute Gasteiger partial charge is 0.390 e. The number of alkyl halides is 1. The van der Waals surface area contributed by atoms with Gasteiger partial charge in [0.2, 0.25) is 0 Å². The van der Waals surface area contributed by atoms with Crippen molar-refractivity contribution in [1.82, 2.24) is 0 Å². The molecular weight excluding hydrogens is 295 g/mol. The highest BCUT2D eigenvalue weighted by molar-refractivity contribution is 9.09. The zero-order valence-corrected chi connectivity index (χ0v) is 10.8. The molecule has 1 aromatic rings. The average molecular weight is 308 g/mol. The summed E-state index contributed by atoms with van der Waals surface area (Å²) in [5.41, 5.74) is 0.584. The van der Waals surface area contributed by atoms with Crippen LogP contribution >= 0.6 is 27.5 Å². The minimum atomic E-state index is -1.15. The number of carbonyl (C=O) groups is 1. The van der Waals surface area contributed by atoms with Crippen molar-refractivity contribution >= 4 is 33.8 Å². The maximum atomic E-state index is 10.8. The van der Waals surface area contributed by atoms with Gasteiger partial charge in [0.15, 0.2) is 0 Å². The predicted octanol–water partition coefficient (Wildman–Crippen LogP) is 2.33. The quantitative estimate of drug-likeness (QED) is 0.648. The van der Waals surface area contributed by atoms with Gasteiger partial charge in [-0.3, -0.25) is 4.79 Å². The molecule has 0 heterocycles. The molecule has 0 saturated heterocycles. The number of hydrogen-bond donors (Lipinski definition) is 2. The molecule has 2 N–H and O–H groups in total. The zero-order chi connectivity index (χ0) is 12.1. The molecule has 16 heavy (non-hydrogen) atoms. The van der Waals surface area contributed by atoms with Crippen molar-refractivity contribution in [3.8, 4) is 0 Å². The summed E-state index contributed by atoms with van der Waals surface area (Å²) in [5.74, 6) is 0. The van der Waals surface area contributed by atoms with Crippen LogP contribution in [-0.2, 0) is 0 Å². The monoisotopic (exact) mass is 306 g/mol. The molecular formula is C11H12BrClO3. The first kappa shape index (κ1) is 13.6. The molecule has 2 atom stereocenters. The van der Waals surface area contributed by atoms with Gasteiger partial charge in [-0.25, -0.2) is 0 Å². The summed E-state index contributed by atoms with van der Waals surface area (Å²) < 4.78 is 0. The van der Waals surface area contributed by atoms with Crippen LogP contribution in [0.15, 0.2) is 18.2 Å². The summed E-state index contributed by atoms with van der Waals surface area (Å²) in [7, 11) is 0. The van der Waals surface area contributed by atoms with E-state index in [2.05, 4.69) is 15.9 Å². The molecule has 0 aromatic heterocycles. The molecule has 0 aliphatic heterocycles. The minimum Gasteiger partial charge on any atom is -0.390 e. The van der Waals surface area contributed by atoms with Crippen LogP contribution in [0, 0.1) is 0 Å². The lowest BCUT2D eigenvalue weighted by atomic mass is 9.98. The van der Waals surface area contributed by atoms with Crippen LogP contribution in [0.2, 0.25) is 5.02 Å². The number of aliphatic hydroxyl groups is 2. The Kier molecular flexibility index (Phi) is 5.41. The van der Waals surface area contributed by atoms with Crippen molar-refractivity contribution in [2.45, 2.75) is 18.6 Å². The maximum Gasteiger partial charge on any atom is 0.150 e. The van der Waals surface area contributed by atoms with Crippen molar-refractivity contribution in [3.63, 3.8) is 0 Å². The Balaban J connectivity index is 3.06. The Labute approximate surface area is 107 Å². The third-order valence-corrected chi connectivity index (χ3v) is 3.07. The Bertz CT molecular complexity index is 370. The summed E-state index contributed by atoms with van der Waals surface area (Å²) in [6.45, 7) is 0. The summed E-state index contributed by atoms with van der Waals surface area (Å²) >= 11 is 9.08. The van der Waals surface area contributed by atoms with Crippen LogP contribution in [-0.4, -0.2) is 27.9 Å². The summed E-state index contributed by atoms with van der Waals surface area (Å²) in [5, 5.41) is 20.4. The molecule has 2 unspecified atom stereocenters. The number of carbonyl (C=O) groups excluding carboxylic acids is 1. The lowest BCUT2D eigenvalue weighted by Gasteiger charge is -2.19. The van der Waals surface area contributed by atoms with Gasteiger partial charge in [-0.05, 0) is 12.5 Å². The summed E-state index contributed by atoms with van der Waals surface area (Å²) in [6.07, 6.45) is -1.10. The predicted molar refractivity (Wildman–Crippen MR) is 66.2 cm³/mol. The second-order valence-electron chi connectivity index (χ2n) is 3.35. The zero-order valence-electron chi connectivity index (χ0n) is 8.44. The molecule has 0 aliphatic carbocycles. The first-order valence-corrected chi connectivity index (χ1v) is 6.27. The van der Waals surface area contributed by atoms with Gasteiger partial charge in [0.1, 0.15) is 12.4 Å². The fraction of sp³-hybridized carbons (Fsp3) is 0.364. The third kappa shape index (κ3) is 3.04. The normalized spacial score (nSPS) is 14.5. The van der Waals surface area contributed by atoms with Gasteiger partial charge in [-0.1, -0.05) is 39.7 Å². The maximum absolute atomic E-state index is 10.8. The number of benzene rings is 1. The van der Waals surface area contributed by atoms with Crippen LogP contribution in [0.4, 0.5) is 0 Å². The molecule has 0 spiro atoms. The fourth-order valence-corrected chi connectivity index (χ4v) is 2.19. The molecule has 1 rings (SSSR count). The third-order valence-electron chi connectivity index (χ3n) is 2.28. The number of aliphatic hydroxyl groups excluding tert-OH is 2. The van der Waals surface area contributed by atoms with E-state index in [1.54, 1.807) is 18.2 Å². The van der Waals surface area contributed by atoms with Crippen molar-refractivity contribution in [2.24, 2.45) is 0 Å². The first-order chi connectivity index (χ1) is 7.61. The van der Waals surface area contributed by atoms with Gasteiger partial charge in [-0.15, -0.1) is 0 Å². The van der Waals surface area contributed by atoms with E-state index < -0.39 is 12.2 Å². The van der Waals surface area contributed by atoms with Gasteiger partial charge < -0.3 is 10.2 Å². The number of hydrogen-bond acceptors (Lipinski definition) is 3. The fourth-order valence-electron chi connectivity index (χ4n) is 1.43. The molecule has 88 valence electrons. The lowest BCUT2D eigenvalue weighted by molar-refractivity contribution is 0.0171. The minimum absolute atomic E-state index is 0.283. The molecule has 0 aliphatic rings. The summed E-state index contributed by atoms with van der Waals surface area (Å²) in [4.78, 5) is 10.8. The molecule has 0 radical (unpaired) electrons. The highest BCUT2D eigenvalue weighted by Gasteiger charge is 2.22. The molecule has 0 bridgehead atoms. The molecule has 0 amide bonds. The van der Waals surface area contributed by atoms with E-state index in [1.807, 2.05) is 0 Å². The first-order valence-electron chi connectivity index (χ1n) is 4.77. The Morgan fingerprint density at radius 1 is 1.44 bits per heavy atom. The van der Waals surface area contributed by atoms with Gasteiger partial charge in [0.05, 0.1) is 6.10 Å². The van der Waals surface area contributed by atoms with Crippen LogP contribution in [0.5, 0.6) is 0 Å². The highest BCUT2D eigenvalue weighted by atomic mass is 79.9. The summed E-state index contributed by atoms with van der Waals surface area (Å²) in [6, 6.07) is 4.76. The Hall–Kier alpha value is -0.420. The lowest BCUT2D eigenvalue weighted by Crippen LogP contribution is -2.20. The van der Waals surface area contributed by atoms with Gasteiger partial charge >= 0.3 is 0 Å².